The van der Waals surface area contributed by atoms with E-state index < -0.39 is 0 Å². The molecule has 0 spiro atoms. The summed E-state index contributed by atoms with van der Waals surface area (Å²) in [6, 6.07) is 0.455. The Balaban J connectivity index is 4.04. The minimum Gasteiger partial charge on any atom is -0.303 e. The molecule has 1 heteroatoms. The Morgan fingerprint density at radius 3 is 2.23 bits per heavy atom. The highest BCUT2D eigenvalue weighted by Gasteiger charge is 2.11. The van der Waals surface area contributed by atoms with E-state index in [1.165, 1.54) is 5.57 Å². The van der Waals surface area contributed by atoms with Crippen LogP contribution in [-0.2, 0) is 0 Å². The summed E-state index contributed by atoms with van der Waals surface area (Å²) in [5, 5.41) is 0. The molecule has 0 N–H and O–H groups in total. The van der Waals surface area contributed by atoms with E-state index >= 15 is 0 Å². The van der Waals surface area contributed by atoms with Crippen molar-refractivity contribution in [3.63, 3.8) is 0 Å². The zero-order valence-corrected chi connectivity index (χ0v) is 9.14. The SMILES string of the molecule is C=CC(=C)CCC(C(=C)C)N(C)C. The van der Waals surface area contributed by atoms with Crippen molar-refractivity contribution in [3.8, 4) is 0 Å². The monoisotopic (exact) mass is 179 g/mol. The second-order valence-electron chi connectivity index (χ2n) is 3.73. The zero-order chi connectivity index (χ0) is 10.4. The second-order valence-corrected chi connectivity index (χ2v) is 3.73. The largest absolute Gasteiger partial charge is 0.303 e. The van der Waals surface area contributed by atoms with Gasteiger partial charge in [0, 0.05) is 6.04 Å². The average Bonchev–Trinajstić information content (AvgIpc) is 2.03. The predicted octanol–water partition coefficient (Wildman–Crippen LogP) is 3.02. The number of likely N-dealkylation sites (N-methyl/N-ethyl adjacent to an activating group) is 1. The van der Waals surface area contributed by atoms with Crippen LogP contribution in [0, 0.1) is 0 Å². The Morgan fingerprint density at radius 1 is 1.38 bits per heavy atom. The van der Waals surface area contributed by atoms with Gasteiger partial charge in [0.05, 0.1) is 0 Å². The van der Waals surface area contributed by atoms with Crippen LogP contribution >= 0.6 is 0 Å². The molecule has 0 fully saturated rings. The zero-order valence-electron chi connectivity index (χ0n) is 9.14. The second kappa shape index (κ2) is 5.76. The van der Waals surface area contributed by atoms with Crippen molar-refractivity contribution in [2.45, 2.75) is 25.8 Å². The van der Waals surface area contributed by atoms with E-state index in [-0.39, 0.29) is 0 Å². The molecule has 74 valence electrons. The minimum absolute atomic E-state index is 0.455. The molecule has 1 nitrogen and oxygen atoms in total. The highest BCUT2D eigenvalue weighted by molar-refractivity contribution is 5.12. The quantitative estimate of drug-likeness (QED) is 0.447. The molecule has 0 aromatic carbocycles. The molecule has 0 heterocycles. The molecule has 0 radical (unpaired) electrons. The van der Waals surface area contributed by atoms with E-state index in [0.29, 0.717) is 6.04 Å². The van der Waals surface area contributed by atoms with Crippen molar-refractivity contribution in [1.82, 2.24) is 4.90 Å². The Kier molecular flexibility index (Phi) is 5.40. The highest BCUT2D eigenvalue weighted by atomic mass is 15.1. The molecule has 0 rings (SSSR count). The van der Waals surface area contributed by atoms with Crippen LogP contribution in [0.25, 0.3) is 0 Å². The van der Waals surface area contributed by atoms with Gasteiger partial charge in [-0.2, -0.15) is 0 Å². The summed E-state index contributed by atoms with van der Waals surface area (Å²) < 4.78 is 0. The van der Waals surface area contributed by atoms with Crippen LogP contribution in [0.4, 0.5) is 0 Å². The third kappa shape index (κ3) is 4.69. The van der Waals surface area contributed by atoms with Crippen molar-refractivity contribution < 1.29 is 0 Å². The number of hydrogen-bond donors (Lipinski definition) is 0. The fourth-order valence-electron chi connectivity index (χ4n) is 1.37. The van der Waals surface area contributed by atoms with Gasteiger partial charge in [0.2, 0.25) is 0 Å². The number of nitrogens with zero attached hydrogens (tertiary/aromatic N) is 1. The third-order valence-electron chi connectivity index (χ3n) is 2.22. The maximum absolute atomic E-state index is 3.98. The third-order valence-corrected chi connectivity index (χ3v) is 2.22. The van der Waals surface area contributed by atoms with Crippen molar-refractivity contribution >= 4 is 0 Å². The molecule has 0 aliphatic heterocycles. The molecule has 0 amide bonds. The topological polar surface area (TPSA) is 3.24 Å². The lowest BCUT2D eigenvalue weighted by Gasteiger charge is -2.24. The van der Waals surface area contributed by atoms with E-state index in [0.717, 1.165) is 18.4 Å². The fraction of sp³-hybridized carbons (Fsp3) is 0.500. The molecule has 0 aromatic heterocycles. The summed E-state index contributed by atoms with van der Waals surface area (Å²) in [5.41, 5.74) is 2.31. The Labute approximate surface area is 82.4 Å². The molecule has 0 saturated carbocycles. The smallest absolute Gasteiger partial charge is 0.0299 e. The van der Waals surface area contributed by atoms with Crippen LogP contribution in [-0.4, -0.2) is 25.0 Å². The molecule has 13 heavy (non-hydrogen) atoms. The summed E-state index contributed by atoms with van der Waals surface area (Å²) in [7, 11) is 4.16. The van der Waals surface area contributed by atoms with Crippen LogP contribution in [0.15, 0.2) is 37.0 Å². The normalized spacial score (nSPS) is 12.6. The van der Waals surface area contributed by atoms with Crippen molar-refractivity contribution in [3.05, 3.63) is 37.0 Å². The number of rotatable bonds is 6. The van der Waals surface area contributed by atoms with E-state index in [1.54, 1.807) is 0 Å². The van der Waals surface area contributed by atoms with Crippen LogP contribution in [0.5, 0.6) is 0 Å². The molecule has 0 aliphatic rings. The van der Waals surface area contributed by atoms with Gasteiger partial charge in [0.1, 0.15) is 0 Å². The lowest BCUT2D eigenvalue weighted by molar-refractivity contribution is 0.315. The fourth-order valence-corrected chi connectivity index (χ4v) is 1.37. The average molecular weight is 179 g/mol. The van der Waals surface area contributed by atoms with Gasteiger partial charge in [-0.05, 0) is 33.9 Å². The van der Waals surface area contributed by atoms with Gasteiger partial charge in [-0.25, -0.2) is 0 Å². The number of allylic oxidation sites excluding steroid dienone is 2. The van der Waals surface area contributed by atoms with Crippen molar-refractivity contribution in [1.29, 1.82) is 0 Å². The van der Waals surface area contributed by atoms with E-state index in [9.17, 15) is 0 Å². The Hall–Kier alpha value is -0.820. The van der Waals surface area contributed by atoms with Gasteiger partial charge in [0.15, 0.2) is 0 Å². The van der Waals surface area contributed by atoms with Gasteiger partial charge < -0.3 is 4.90 Å². The first-order valence-corrected chi connectivity index (χ1v) is 4.61. The summed E-state index contributed by atoms with van der Waals surface area (Å²) in [5.74, 6) is 0. The molecular formula is C12H21N. The standard InChI is InChI=1S/C12H21N/c1-7-11(4)8-9-12(10(2)3)13(5)6/h7,12H,1-2,4,8-9H2,3,5-6H3. The minimum atomic E-state index is 0.455. The molecule has 0 aromatic rings. The summed E-state index contributed by atoms with van der Waals surface area (Å²) >= 11 is 0. The molecule has 0 saturated heterocycles. The van der Waals surface area contributed by atoms with E-state index in [1.807, 2.05) is 6.08 Å². The molecule has 0 aliphatic carbocycles. The summed E-state index contributed by atoms with van der Waals surface area (Å²) in [4.78, 5) is 2.19. The van der Waals surface area contributed by atoms with Crippen molar-refractivity contribution in [2.75, 3.05) is 14.1 Å². The predicted molar refractivity (Wildman–Crippen MR) is 60.9 cm³/mol. The Morgan fingerprint density at radius 2 is 1.92 bits per heavy atom. The van der Waals surface area contributed by atoms with Crippen LogP contribution in [0.1, 0.15) is 19.8 Å². The van der Waals surface area contributed by atoms with Crippen LogP contribution < -0.4 is 0 Å². The number of hydrogen-bond acceptors (Lipinski definition) is 1. The first-order valence-electron chi connectivity index (χ1n) is 4.61. The highest BCUT2D eigenvalue weighted by Crippen LogP contribution is 2.14. The van der Waals surface area contributed by atoms with Crippen LogP contribution in [0.2, 0.25) is 0 Å². The van der Waals surface area contributed by atoms with Gasteiger partial charge in [0.25, 0.3) is 0 Å². The van der Waals surface area contributed by atoms with Gasteiger partial charge in [-0.1, -0.05) is 37.0 Å². The lowest BCUT2D eigenvalue weighted by Crippen LogP contribution is -2.28. The summed E-state index contributed by atoms with van der Waals surface area (Å²) in [6.07, 6.45) is 3.90. The van der Waals surface area contributed by atoms with E-state index in [2.05, 4.69) is 45.7 Å². The summed E-state index contributed by atoms with van der Waals surface area (Å²) in [6.45, 7) is 13.6. The van der Waals surface area contributed by atoms with E-state index in [4.69, 9.17) is 0 Å². The molecular weight excluding hydrogens is 158 g/mol. The molecule has 0 bridgehead atoms. The maximum atomic E-state index is 3.98. The maximum Gasteiger partial charge on any atom is 0.0299 e. The molecule has 1 atom stereocenters. The first-order chi connectivity index (χ1) is 5.99. The Bertz CT molecular complexity index is 201. The van der Waals surface area contributed by atoms with Gasteiger partial charge in [-0.15, -0.1) is 0 Å². The van der Waals surface area contributed by atoms with Crippen LogP contribution in [0.3, 0.4) is 0 Å². The van der Waals surface area contributed by atoms with Crippen molar-refractivity contribution in [2.24, 2.45) is 0 Å². The van der Waals surface area contributed by atoms with Gasteiger partial charge in [-0.3, -0.25) is 0 Å². The molecule has 1 unspecified atom stereocenters. The van der Waals surface area contributed by atoms with Gasteiger partial charge >= 0.3 is 0 Å². The first kappa shape index (κ1) is 12.2. The lowest BCUT2D eigenvalue weighted by atomic mass is 10.0.